The van der Waals surface area contributed by atoms with E-state index in [-0.39, 0.29) is 18.2 Å². The van der Waals surface area contributed by atoms with E-state index in [4.69, 9.17) is 0 Å². The molecule has 1 aliphatic heterocycles. The molecule has 4 rings (SSSR count). The smallest absolute Gasteiger partial charge is 0.254 e. The van der Waals surface area contributed by atoms with Gasteiger partial charge in [0.25, 0.3) is 5.91 Å². The van der Waals surface area contributed by atoms with Crippen molar-refractivity contribution in [3.63, 3.8) is 0 Å². The van der Waals surface area contributed by atoms with Crippen molar-refractivity contribution in [1.82, 2.24) is 0 Å². The molecule has 144 valence electrons. The number of carbonyl (C=O) groups is 2. The summed E-state index contributed by atoms with van der Waals surface area (Å²) in [5.41, 5.74) is 4.59. The number of hydrogen-bond donors (Lipinski definition) is 0. The van der Waals surface area contributed by atoms with Gasteiger partial charge >= 0.3 is 0 Å². The third kappa shape index (κ3) is 3.54. The molecule has 1 amide bonds. The van der Waals surface area contributed by atoms with Crippen molar-refractivity contribution in [2.45, 2.75) is 13.8 Å². The summed E-state index contributed by atoms with van der Waals surface area (Å²) in [5, 5.41) is 0. The molecule has 1 heterocycles. The number of amidine groups is 1. The number of para-hydroxylation sites is 1. The van der Waals surface area contributed by atoms with Gasteiger partial charge in [-0.2, -0.15) is 0 Å². The lowest BCUT2D eigenvalue weighted by Gasteiger charge is -2.24. The maximum absolute atomic E-state index is 13.2. The second-order valence-electron chi connectivity index (χ2n) is 6.99. The van der Waals surface area contributed by atoms with Crippen LogP contribution in [0.25, 0.3) is 0 Å². The van der Waals surface area contributed by atoms with E-state index in [0.29, 0.717) is 22.5 Å². The number of benzene rings is 3. The molecular formula is C24H19BrN2O2. The SMILES string of the molecule is Cc1cccc(C)c1N1C(=O)CN=C1c1ccccc1C(=O)c1ccc(Br)cc1. The number of ketones is 1. The Bertz CT molecular complexity index is 1130. The fraction of sp³-hybridized carbons (Fsp3) is 0.125. The molecule has 0 unspecified atom stereocenters. The number of halogens is 1. The maximum atomic E-state index is 13.2. The van der Waals surface area contributed by atoms with Gasteiger partial charge < -0.3 is 0 Å². The van der Waals surface area contributed by atoms with Crippen molar-refractivity contribution in [2.75, 3.05) is 11.4 Å². The van der Waals surface area contributed by atoms with Gasteiger partial charge in [0.05, 0.1) is 5.69 Å². The van der Waals surface area contributed by atoms with E-state index in [1.54, 1.807) is 23.1 Å². The first-order valence-corrected chi connectivity index (χ1v) is 10.1. The summed E-state index contributed by atoms with van der Waals surface area (Å²) in [7, 11) is 0. The van der Waals surface area contributed by atoms with Gasteiger partial charge in [0.15, 0.2) is 5.78 Å². The van der Waals surface area contributed by atoms with Crippen LogP contribution in [0.3, 0.4) is 0 Å². The Balaban J connectivity index is 1.82. The normalized spacial score (nSPS) is 13.6. The number of rotatable bonds is 4. The molecule has 0 bridgehead atoms. The van der Waals surface area contributed by atoms with E-state index in [1.165, 1.54) is 0 Å². The minimum Gasteiger partial charge on any atom is -0.289 e. The molecule has 1 aliphatic rings. The highest BCUT2D eigenvalue weighted by atomic mass is 79.9. The number of nitrogens with zero attached hydrogens (tertiary/aromatic N) is 2. The summed E-state index contributed by atoms with van der Waals surface area (Å²) in [5.74, 6) is 0.327. The Hall–Kier alpha value is -3.05. The lowest BCUT2D eigenvalue weighted by atomic mass is 9.97. The van der Waals surface area contributed by atoms with Gasteiger partial charge in [-0.05, 0) is 49.2 Å². The Labute approximate surface area is 178 Å². The highest BCUT2D eigenvalue weighted by Crippen LogP contribution is 2.30. The molecule has 4 nitrogen and oxygen atoms in total. The number of amides is 1. The molecule has 0 saturated carbocycles. The van der Waals surface area contributed by atoms with E-state index < -0.39 is 0 Å². The molecule has 0 radical (unpaired) electrons. The van der Waals surface area contributed by atoms with Crippen LogP contribution in [0.1, 0.15) is 32.6 Å². The zero-order valence-corrected chi connectivity index (χ0v) is 17.7. The monoisotopic (exact) mass is 446 g/mol. The largest absolute Gasteiger partial charge is 0.289 e. The zero-order valence-electron chi connectivity index (χ0n) is 16.1. The highest BCUT2D eigenvalue weighted by molar-refractivity contribution is 9.10. The van der Waals surface area contributed by atoms with Gasteiger partial charge in [-0.25, -0.2) is 0 Å². The molecule has 0 aliphatic carbocycles. The standard InChI is InChI=1S/C24H19BrN2O2/c1-15-6-5-7-16(2)22(15)27-21(28)14-26-24(27)20-9-4-3-8-19(20)23(29)17-10-12-18(25)13-11-17/h3-13H,14H2,1-2H3. The summed E-state index contributed by atoms with van der Waals surface area (Å²) < 4.78 is 0.911. The predicted octanol–water partition coefficient (Wildman–Crippen LogP) is 5.09. The Morgan fingerprint density at radius 1 is 0.931 bits per heavy atom. The van der Waals surface area contributed by atoms with Crippen LogP contribution in [-0.2, 0) is 4.79 Å². The van der Waals surface area contributed by atoms with Crippen LogP contribution in [0.15, 0.2) is 76.2 Å². The molecule has 0 atom stereocenters. The molecular weight excluding hydrogens is 428 g/mol. The molecule has 0 aromatic heterocycles. The molecule has 3 aromatic carbocycles. The van der Waals surface area contributed by atoms with Crippen LogP contribution in [0, 0.1) is 13.8 Å². The molecule has 29 heavy (non-hydrogen) atoms. The molecule has 0 N–H and O–H groups in total. The summed E-state index contributed by atoms with van der Waals surface area (Å²) in [6.07, 6.45) is 0. The molecule has 3 aromatic rings. The fourth-order valence-electron chi connectivity index (χ4n) is 3.63. The summed E-state index contributed by atoms with van der Waals surface area (Å²) in [4.78, 5) is 32.2. The lowest BCUT2D eigenvalue weighted by Crippen LogP contribution is -2.35. The Morgan fingerprint density at radius 3 is 2.28 bits per heavy atom. The minimum absolute atomic E-state index is 0.0733. The van der Waals surface area contributed by atoms with Crippen molar-refractivity contribution in [3.05, 3.63) is 99.0 Å². The van der Waals surface area contributed by atoms with Crippen molar-refractivity contribution in [2.24, 2.45) is 4.99 Å². The van der Waals surface area contributed by atoms with Crippen LogP contribution in [-0.4, -0.2) is 24.1 Å². The van der Waals surface area contributed by atoms with Crippen molar-refractivity contribution < 1.29 is 9.59 Å². The predicted molar refractivity (Wildman–Crippen MR) is 119 cm³/mol. The average molecular weight is 447 g/mol. The Morgan fingerprint density at radius 2 is 1.59 bits per heavy atom. The quantitative estimate of drug-likeness (QED) is 0.524. The second-order valence-corrected chi connectivity index (χ2v) is 7.91. The first kappa shape index (κ1) is 19.3. The topological polar surface area (TPSA) is 49.7 Å². The molecule has 5 heteroatoms. The summed E-state index contributed by atoms with van der Waals surface area (Å²) in [6, 6.07) is 20.5. The third-order valence-electron chi connectivity index (χ3n) is 5.01. The van der Waals surface area contributed by atoms with E-state index in [1.807, 2.05) is 62.4 Å². The van der Waals surface area contributed by atoms with Crippen molar-refractivity contribution in [1.29, 1.82) is 0 Å². The van der Waals surface area contributed by atoms with Crippen molar-refractivity contribution >= 4 is 39.1 Å². The average Bonchev–Trinajstić information content (AvgIpc) is 3.09. The number of aliphatic imine (C=N–C) groups is 1. The van der Waals surface area contributed by atoms with Crippen LogP contribution in [0.2, 0.25) is 0 Å². The first-order chi connectivity index (χ1) is 14.0. The Kier molecular flexibility index (Phi) is 5.16. The second kappa shape index (κ2) is 7.76. The molecule has 0 spiro atoms. The van der Waals surface area contributed by atoms with E-state index >= 15 is 0 Å². The van der Waals surface area contributed by atoms with Crippen molar-refractivity contribution in [3.8, 4) is 0 Å². The van der Waals surface area contributed by atoms with E-state index in [9.17, 15) is 9.59 Å². The minimum atomic E-state index is -0.100. The number of aryl methyl sites for hydroxylation is 2. The van der Waals surface area contributed by atoms with Crippen LogP contribution in [0.5, 0.6) is 0 Å². The fourth-order valence-corrected chi connectivity index (χ4v) is 3.89. The van der Waals surface area contributed by atoms with Gasteiger partial charge in [0.2, 0.25) is 0 Å². The maximum Gasteiger partial charge on any atom is 0.254 e. The number of hydrogen-bond acceptors (Lipinski definition) is 3. The van der Waals surface area contributed by atoms with Gasteiger partial charge in [0, 0.05) is 21.2 Å². The van der Waals surface area contributed by atoms with Crippen LogP contribution < -0.4 is 4.90 Å². The highest BCUT2D eigenvalue weighted by Gasteiger charge is 2.32. The van der Waals surface area contributed by atoms with Gasteiger partial charge in [-0.3, -0.25) is 19.5 Å². The van der Waals surface area contributed by atoms with E-state index in [2.05, 4.69) is 20.9 Å². The molecule has 0 saturated heterocycles. The first-order valence-electron chi connectivity index (χ1n) is 9.30. The number of carbonyl (C=O) groups excluding carboxylic acids is 2. The van der Waals surface area contributed by atoms with Gasteiger partial charge in [0.1, 0.15) is 12.4 Å². The summed E-state index contributed by atoms with van der Waals surface area (Å²) >= 11 is 3.40. The zero-order chi connectivity index (χ0) is 20.5. The van der Waals surface area contributed by atoms with Gasteiger partial charge in [-0.15, -0.1) is 0 Å². The molecule has 0 fully saturated rings. The third-order valence-corrected chi connectivity index (χ3v) is 5.54. The number of anilines is 1. The van der Waals surface area contributed by atoms with Crippen LogP contribution in [0.4, 0.5) is 5.69 Å². The van der Waals surface area contributed by atoms with Crippen LogP contribution >= 0.6 is 15.9 Å². The van der Waals surface area contributed by atoms with Gasteiger partial charge in [-0.1, -0.05) is 58.4 Å². The van der Waals surface area contributed by atoms with E-state index in [0.717, 1.165) is 21.3 Å². The summed E-state index contributed by atoms with van der Waals surface area (Å²) in [6.45, 7) is 4.03. The lowest BCUT2D eigenvalue weighted by molar-refractivity contribution is -0.115.